The number of ether oxygens (including phenoxy) is 1. The highest BCUT2D eigenvalue weighted by Crippen LogP contribution is 2.33. The maximum atomic E-state index is 12.8. The number of nitrogens with one attached hydrogen (secondary N) is 2. The van der Waals surface area contributed by atoms with E-state index < -0.39 is 35.6 Å². The second-order valence-corrected chi connectivity index (χ2v) is 6.05. The summed E-state index contributed by atoms with van der Waals surface area (Å²) in [6.07, 6.45) is 0.0995. The fourth-order valence-electron chi connectivity index (χ4n) is 3.01. The van der Waals surface area contributed by atoms with Gasteiger partial charge in [0.25, 0.3) is 17.7 Å². The molecule has 1 aromatic carbocycles. The van der Waals surface area contributed by atoms with E-state index in [4.69, 9.17) is 10.5 Å². The Morgan fingerprint density at radius 3 is 2.68 bits per heavy atom. The third-order valence-electron chi connectivity index (χ3n) is 4.26. The number of amides is 5. The van der Waals surface area contributed by atoms with Gasteiger partial charge < -0.3 is 15.8 Å². The maximum absolute atomic E-state index is 12.8. The Balaban J connectivity index is 0.00000280. The van der Waals surface area contributed by atoms with Crippen molar-refractivity contribution in [2.45, 2.75) is 18.9 Å². The van der Waals surface area contributed by atoms with Gasteiger partial charge in [-0.25, -0.2) is 0 Å². The summed E-state index contributed by atoms with van der Waals surface area (Å²) in [6, 6.07) is 3.37. The second-order valence-electron chi connectivity index (χ2n) is 6.05. The van der Waals surface area contributed by atoms with Gasteiger partial charge in [0.1, 0.15) is 11.8 Å². The summed E-state index contributed by atoms with van der Waals surface area (Å²) in [5.41, 5.74) is 5.39. The molecule has 3 rings (SSSR count). The third-order valence-corrected chi connectivity index (χ3v) is 4.26. The van der Waals surface area contributed by atoms with E-state index in [1.165, 1.54) is 18.2 Å². The predicted octanol–water partition coefficient (Wildman–Crippen LogP) is -1.04. The number of halogens is 1. The Labute approximate surface area is 166 Å². The van der Waals surface area contributed by atoms with Gasteiger partial charge >= 0.3 is 0 Å². The molecule has 1 aromatic rings. The van der Waals surface area contributed by atoms with Gasteiger partial charge in [-0.05, 0) is 18.6 Å². The number of piperidine rings is 1. The van der Waals surface area contributed by atoms with E-state index in [1.54, 1.807) is 0 Å². The van der Waals surface area contributed by atoms with E-state index in [0.29, 0.717) is 0 Å². The molecule has 0 aliphatic carbocycles. The number of rotatable bonds is 6. The zero-order valence-electron chi connectivity index (χ0n) is 14.7. The molecule has 2 aliphatic heterocycles. The number of fused-ring (bicyclic) bond motifs is 1. The van der Waals surface area contributed by atoms with Crippen molar-refractivity contribution in [2.24, 2.45) is 5.73 Å². The molecular weight excluding hydrogens is 392 g/mol. The molecule has 10 nitrogen and oxygen atoms in total. The Hall–Kier alpha value is -2.98. The molecular formula is C17H19ClN4O6. The normalized spacial score (nSPS) is 18.3. The van der Waals surface area contributed by atoms with Crippen LogP contribution >= 0.6 is 12.4 Å². The minimum absolute atomic E-state index is 0. The van der Waals surface area contributed by atoms with Crippen LogP contribution < -0.4 is 21.1 Å². The molecule has 1 unspecified atom stereocenters. The molecule has 4 N–H and O–H groups in total. The molecule has 2 heterocycles. The van der Waals surface area contributed by atoms with Crippen LogP contribution in [0.25, 0.3) is 0 Å². The van der Waals surface area contributed by atoms with E-state index in [9.17, 15) is 24.0 Å². The van der Waals surface area contributed by atoms with Gasteiger partial charge in [-0.3, -0.25) is 34.2 Å². The van der Waals surface area contributed by atoms with Crippen LogP contribution in [0.3, 0.4) is 0 Å². The van der Waals surface area contributed by atoms with Crippen LogP contribution in [0, 0.1) is 0 Å². The van der Waals surface area contributed by atoms with Crippen molar-refractivity contribution in [1.29, 1.82) is 0 Å². The zero-order chi connectivity index (χ0) is 19.6. The third kappa shape index (κ3) is 3.97. The van der Waals surface area contributed by atoms with Crippen molar-refractivity contribution in [3.05, 3.63) is 29.3 Å². The first-order chi connectivity index (χ1) is 12.9. The van der Waals surface area contributed by atoms with E-state index in [2.05, 4.69) is 10.6 Å². The molecule has 0 saturated carbocycles. The van der Waals surface area contributed by atoms with Crippen LogP contribution in [0.5, 0.6) is 5.75 Å². The van der Waals surface area contributed by atoms with Crippen LogP contribution in [0.15, 0.2) is 18.2 Å². The van der Waals surface area contributed by atoms with Gasteiger partial charge in [-0.15, -0.1) is 12.4 Å². The number of hydrogen-bond acceptors (Lipinski definition) is 7. The Morgan fingerprint density at radius 2 is 2.00 bits per heavy atom. The summed E-state index contributed by atoms with van der Waals surface area (Å²) < 4.78 is 5.40. The van der Waals surface area contributed by atoms with Crippen molar-refractivity contribution < 1.29 is 28.7 Å². The van der Waals surface area contributed by atoms with Crippen molar-refractivity contribution in [2.75, 3.05) is 19.7 Å². The van der Waals surface area contributed by atoms with Gasteiger partial charge in [-0.1, -0.05) is 6.07 Å². The monoisotopic (exact) mass is 410 g/mol. The van der Waals surface area contributed by atoms with E-state index >= 15 is 0 Å². The smallest absolute Gasteiger partial charge is 0.266 e. The number of carbonyl (C=O) groups excluding carboxylic acids is 5. The molecule has 0 spiro atoms. The van der Waals surface area contributed by atoms with Crippen LogP contribution in [0.1, 0.15) is 33.6 Å². The lowest BCUT2D eigenvalue weighted by Crippen LogP contribution is -2.54. The van der Waals surface area contributed by atoms with E-state index in [1.807, 2.05) is 0 Å². The molecule has 150 valence electrons. The quantitative estimate of drug-likeness (QED) is 0.507. The highest BCUT2D eigenvalue weighted by Gasteiger charge is 2.46. The van der Waals surface area contributed by atoms with Crippen LogP contribution in [0.4, 0.5) is 0 Å². The molecule has 0 bridgehead atoms. The van der Waals surface area contributed by atoms with Crippen molar-refractivity contribution in [3.63, 3.8) is 0 Å². The summed E-state index contributed by atoms with van der Waals surface area (Å²) >= 11 is 0. The summed E-state index contributed by atoms with van der Waals surface area (Å²) in [6.45, 7) is 0.215. The van der Waals surface area contributed by atoms with Crippen molar-refractivity contribution >= 4 is 41.9 Å². The van der Waals surface area contributed by atoms with Gasteiger partial charge in [0.15, 0.2) is 6.61 Å². The van der Waals surface area contributed by atoms with Crippen LogP contribution in [0.2, 0.25) is 0 Å². The Bertz CT molecular complexity index is 843. The standard InChI is InChI=1S/C17H18N4O6.ClH/c18-6-7-19-13(23)8-27-11-3-1-2-9-14(11)17(26)21(16(9)25)10-4-5-12(22)20-15(10)24;/h1-3,10H,4-8,18H2,(H,19,23)(H,20,22,24);1H. The Kier molecular flexibility index (Phi) is 6.71. The number of benzene rings is 1. The zero-order valence-corrected chi connectivity index (χ0v) is 15.5. The fourth-order valence-corrected chi connectivity index (χ4v) is 3.01. The summed E-state index contributed by atoms with van der Waals surface area (Å²) in [4.78, 5) is 61.3. The van der Waals surface area contributed by atoms with Gasteiger partial charge in [0.2, 0.25) is 11.8 Å². The van der Waals surface area contributed by atoms with Crippen molar-refractivity contribution in [1.82, 2.24) is 15.5 Å². The number of carbonyl (C=O) groups is 5. The first-order valence-corrected chi connectivity index (χ1v) is 8.38. The van der Waals surface area contributed by atoms with Gasteiger partial charge in [-0.2, -0.15) is 0 Å². The summed E-state index contributed by atoms with van der Waals surface area (Å²) in [7, 11) is 0. The molecule has 11 heteroatoms. The number of hydrogen-bond donors (Lipinski definition) is 3. The number of nitrogens with zero attached hydrogens (tertiary/aromatic N) is 1. The highest BCUT2D eigenvalue weighted by molar-refractivity contribution is 6.24. The minimum atomic E-state index is -1.06. The first kappa shape index (κ1) is 21.3. The average molecular weight is 411 g/mol. The Morgan fingerprint density at radius 1 is 1.25 bits per heavy atom. The average Bonchev–Trinajstić information content (AvgIpc) is 2.90. The largest absolute Gasteiger partial charge is 0.483 e. The van der Waals surface area contributed by atoms with E-state index in [-0.39, 0.29) is 61.8 Å². The molecule has 1 saturated heterocycles. The van der Waals surface area contributed by atoms with Gasteiger partial charge in [0.05, 0.1) is 11.1 Å². The fraction of sp³-hybridized carbons (Fsp3) is 0.353. The second kappa shape index (κ2) is 8.81. The predicted molar refractivity (Wildman–Crippen MR) is 97.9 cm³/mol. The lowest BCUT2D eigenvalue weighted by atomic mass is 10.0. The van der Waals surface area contributed by atoms with Crippen LogP contribution in [-0.2, 0) is 14.4 Å². The highest BCUT2D eigenvalue weighted by atomic mass is 35.5. The molecule has 1 fully saturated rings. The summed E-state index contributed by atoms with van der Waals surface area (Å²) in [5.74, 6) is -2.81. The number of imide groups is 2. The molecule has 0 radical (unpaired) electrons. The molecule has 0 aromatic heterocycles. The molecule has 1 atom stereocenters. The topological polar surface area (TPSA) is 148 Å². The van der Waals surface area contributed by atoms with E-state index in [0.717, 1.165) is 4.90 Å². The molecule has 5 amide bonds. The SMILES string of the molecule is Cl.NCCNC(=O)COc1cccc2c1C(=O)N(C1CCC(=O)NC1=O)C2=O. The number of nitrogens with two attached hydrogens (primary N) is 1. The van der Waals surface area contributed by atoms with Crippen molar-refractivity contribution in [3.8, 4) is 5.75 Å². The lowest BCUT2D eigenvalue weighted by molar-refractivity contribution is -0.136. The molecule has 28 heavy (non-hydrogen) atoms. The van der Waals surface area contributed by atoms with Gasteiger partial charge in [0, 0.05) is 19.5 Å². The molecule has 2 aliphatic rings. The maximum Gasteiger partial charge on any atom is 0.266 e. The minimum Gasteiger partial charge on any atom is -0.483 e. The lowest BCUT2D eigenvalue weighted by Gasteiger charge is -2.27. The van der Waals surface area contributed by atoms with Crippen LogP contribution in [-0.4, -0.2) is 60.2 Å². The summed E-state index contributed by atoms with van der Waals surface area (Å²) in [5, 5.41) is 4.65. The first-order valence-electron chi connectivity index (χ1n) is 8.38.